The number of nitro benzene ring substituents is 1. The van der Waals surface area contributed by atoms with Crippen LogP contribution in [0.1, 0.15) is 37.0 Å². The van der Waals surface area contributed by atoms with Crippen LogP contribution in [0.2, 0.25) is 0 Å². The molecule has 1 heterocycles. The summed E-state index contributed by atoms with van der Waals surface area (Å²) in [6, 6.07) is 0. The predicted octanol–water partition coefficient (Wildman–Crippen LogP) is 3.02. The first-order chi connectivity index (χ1) is 8.24. The number of phenols is 1. The van der Waals surface area contributed by atoms with E-state index in [1.54, 1.807) is 13.8 Å². The molecule has 1 aliphatic heterocycles. The van der Waals surface area contributed by atoms with Crippen molar-refractivity contribution in [3.8, 4) is 11.5 Å². The molecule has 98 valence electrons. The van der Waals surface area contributed by atoms with Crippen LogP contribution in [0, 0.1) is 24.0 Å². The second-order valence-corrected chi connectivity index (χ2v) is 5.37. The largest absolute Gasteiger partial charge is 0.502 e. The Bertz CT molecular complexity index is 535. The molecule has 18 heavy (non-hydrogen) atoms. The van der Waals surface area contributed by atoms with Crippen LogP contribution < -0.4 is 4.74 Å². The van der Waals surface area contributed by atoms with Gasteiger partial charge in [0.25, 0.3) is 0 Å². The van der Waals surface area contributed by atoms with Gasteiger partial charge in [0.1, 0.15) is 11.4 Å². The molecule has 1 aromatic rings. The van der Waals surface area contributed by atoms with Crippen molar-refractivity contribution in [2.45, 2.75) is 46.1 Å². The number of benzene rings is 1. The van der Waals surface area contributed by atoms with E-state index >= 15 is 0 Å². The molecule has 2 rings (SSSR count). The smallest absolute Gasteiger partial charge is 0.317 e. The molecule has 0 fully saturated rings. The lowest BCUT2D eigenvalue weighted by molar-refractivity contribution is -0.386. The first-order valence-corrected chi connectivity index (χ1v) is 5.93. The van der Waals surface area contributed by atoms with Gasteiger partial charge in [-0.15, -0.1) is 0 Å². The van der Waals surface area contributed by atoms with Crippen LogP contribution in [0.15, 0.2) is 0 Å². The summed E-state index contributed by atoms with van der Waals surface area (Å²) in [5.74, 6) is 0.327. The molecule has 0 amide bonds. The van der Waals surface area contributed by atoms with Crippen molar-refractivity contribution in [1.29, 1.82) is 0 Å². The zero-order valence-electron chi connectivity index (χ0n) is 11.0. The molecule has 1 N–H and O–H groups in total. The maximum absolute atomic E-state index is 11.0. The van der Waals surface area contributed by atoms with Crippen LogP contribution in [-0.4, -0.2) is 15.6 Å². The van der Waals surface area contributed by atoms with Gasteiger partial charge in [-0.1, -0.05) is 0 Å². The van der Waals surface area contributed by atoms with Crippen molar-refractivity contribution < 1.29 is 14.8 Å². The third-order valence-electron chi connectivity index (χ3n) is 3.54. The van der Waals surface area contributed by atoms with Crippen molar-refractivity contribution in [2.24, 2.45) is 0 Å². The zero-order chi connectivity index (χ0) is 13.7. The Labute approximate surface area is 106 Å². The van der Waals surface area contributed by atoms with Crippen LogP contribution in [0.3, 0.4) is 0 Å². The SMILES string of the molecule is Cc1c(O)c([N+](=O)[O-])c(C)c2c1CCC(C)(C)O2. The Balaban J connectivity index is 2.72. The van der Waals surface area contributed by atoms with Crippen molar-refractivity contribution in [3.05, 3.63) is 26.8 Å². The first kappa shape index (κ1) is 12.7. The first-order valence-electron chi connectivity index (χ1n) is 5.93. The Morgan fingerprint density at radius 3 is 2.50 bits per heavy atom. The molecule has 0 atom stereocenters. The Morgan fingerprint density at radius 1 is 1.33 bits per heavy atom. The van der Waals surface area contributed by atoms with Gasteiger partial charge < -0.3 is 9.84 Å². The second-order valence-electron chi connectivity index (χ2n) is 5.37. The lowest BCUT2D eigenvalue weighted by atomic mass is 9.89. The molecule has 0 unspecified atom stereocenters. The highest BCUT2D eigenvalue weighted by atomic mass is 16.6. The van der Waals surface area contributed by atoms with Crippen molar-refractivity contribution in [3.63, 3.8) is 0 Å². The Morgan fingerprint density at radius 2 is 1.94 bits per heavy atom. The van der Waals surface area contributed by atoms with E-state index in [-0.39, 0.29) is 17.0 Å². The van der Waals surface area contributed by atoms with Gasteiger partial charge in [0.2, 0.25) is 0 Å². The minimum Gasteiger partial charge on any atom is -0.502 e. The summed E-state index contributed by atoms with van der Waals surface area (Å²) in [4.78, 5) is 10.5. The number of rotatable bonds is 1. The highest BCUT2D eigenvalue weighted by molar-refractivity contribution is 5.66. The van der Waals surface area contributed by atoms with Crippen LogP contribution in [0.4, 0.5) is 5.69 Å². The second kappa shape index (κ2) is 3.86. The Hall–Kier alpha value is -1.78. The monoisotopic (exact) mass is 251 g/mol. The number of aromatic hydroxyl groups is 1. The molecule has 5 nitrogen and oxygen atoms in total. The summed E-state index contributed by atoms with van der Waals surface area (Å²) < 4.78 is 5.86. The normalized spacial score (nSPS) is 16.9. The fourth-order valence-corrected chi connectivity index (χ4v) is 2.42. The van der Waals surface area contributed by atoms with E-state index in [1.807, 2.05) is 13.8 Å². The predicted molar refractivity (Wildman–Crippen MR) is 67.3 cm³/mol. The molecule has 0 aliphatic carbocycles. The number of hydrogen-bond acceptors (Lipinski definition) is 4. The third-order valence-corrected chi connectivity index (χ3v) is 3.54. The summed E-state index contributed by atoms with van der Waals surface area (Å²) in [6.07, 6.45) is 1.60. The molecule has 0 radical (unpaired) electrons. The average Bonchev–Trinajstić information content (AvgIpc) is 2.25. The van der Waals surface area contributed by atoms with E-state index in [9.17, 15) is 15.2 Å². The molecule has 0 spiro atoms. The molecule has 0 saturated carbocycles. The quantitative estimate of drug-likeness (QED) is 0.615. The van der Waals surface area contributed by atoms with E-state index in [4.69, 9.17) is 4.74 Å². The summed E-state index contributed by atoms with van der Waals surface area (Å²) in [5.41, 5.74) is 1.28. The summed E-state index contributed by atoms with van der Waals surface area (Å²) in [6.45, 7) is 7.24. The van der Waals surface area contributed by atoms with Crippen LogP contribution in [0.25, 0.3) is 0 Å². The molecular formula is C13H17NO4. The topological polar surface area (TPSA) is 72.6 Å². The summed E-state index contributed by atoms with van der Waals surface area (Å²) in [5, 5.41) is 21.0. The third kappa shape index (κ3) is 1.79. The molecular weight excluding hydrogens is 234 g/mol. The lowest BCUT2D eigenvalue weighted by Crippen LogP contribution is -2.33. The fraction of sp³-hybridized carbons (Fsp3) is 0.538. The zero-order valence-corrected chi connectivity index (χ0v) is 11.0. The van der Waals surface area contributed by atoms with Crippen molar-refractivity contribution in [2.75, 3.05) is 0 Å². The molecule has 5 heteroatoms. The minimum absolute atomic E-state index is 0.237. The van der Waals surface area contributed by atoms with Crippen molar-refractivity contribution >= 4 is 5.69 Å². The maximum Gasteiger partial charge on any atom is 0.317 e. The maximum atomic E-state index is 11.0. The molecule has 0 saturated heterocycles. The minimum atomic E-state index is -0.553. The van der Waals surface area contributed by atoms with E-state index < -0.39 is 4.92 Å². The van der Waals surface area contributed by atoms with E-state index in [0.29, 0.717) is 16.9 Å². The van der Waals surface area contributed by atoms with Crippen LogP contribution in [-0.2, 0) is 6.42 Å². The summed E-state index contributed by atoms with van der Waals surface area (Å²) in [7, 11) is 0. The number of hydrogen-bond donors (Lipinski definition) is 1. The van der Waals surface area contributed by atoms with Gasteiger partial charge in [0.05, 0.1) is 10.5 Å². The number of nitrogens with zero attached hydrogens (tertiary/aromatic N) is 1. The van der Waals surface area contributed by atoms with Gasteiger partial charge in [-0.2, -0.15) is 0 Å². The Kier molecular flexibility index (Phi) is 2.72. The fourth-order valence-electron chi connectivity index (χ4n) is 2.42. The van der Waals surface area contributed by atoms with Gasteiger partial charge in [-0.05, 0) is 40.5 Å². The molecule has 0 aromatic heterocycles. The molecule has 1 aliphatic rings. The van der Waals surface area contributed by atoms with Gasteiger partial charge >= 0.3 is 5.69 Å². The highest BCUT2D eigenvalue weighted by Crippen LogP contribution is 2.46. The van der Waals surface area contributed by atoms with Crippen molar-refractivity contribution in [1.82, 2.24) is 0 Å². The molecule has 1 aromatic carbocycles. The van der Waals surface area contributed by atoms with E-state index in [1.165, 1.54) is 0 Å². The van der Waals surface area contributed by atoms with E-state index in [0.717, 1.165) is 18.4 Å². The van der Waals surface area contributed by atoms with Gasteiger partial charge in [-0.3, -0.25) is 10.1 Å². The molecule has 0 bridgehead atoms. The van der Waals surface area contributed by atoms with Gasteiger partial charge in [-0.25, -0.2) is 0 Å². The van der Waals surface area contributed by atoms with E-state index in [2.05, 4.69) is 0 Å². The van der Waals surface area contributed by atoms with Crippen LogP contribution >= 0.6 is 0 Å². The average molecular weight is 251 g/mol. The number of phenolic OH excluding ortho intramolecular Hbond substituents is 1. The van der Waals surface area contributed by atoms with Gasteiger partial charge in [0, 0.05) is 11.1 Å². The highest BCUT2D eigenvalue weighted by Gasteiger charge is 2.34. The van der Waals surface area contributed by atoms with Gasteiger partial charge in [0.15, 0.2) is 5.75 Å². The lowest BCUT2D eigenvalue weighted by Gasteiger charge is -2.34. The van der Waals surface area contributed by atoms with Crippen LogP contribution in [0.5, 0.6) is 11.5 Å². The summed E-state index contributed by atoms with van der Waals surface area (Å²) >= 11 is 0. The number of nitro groups is 1. The standard InChI is InChI=1S/C13H17NO4/c1-7-9-5-6-13(3,4)18-12(9)8(2)10(11(7)15)14(16)17/h15H,5-6H2,1-4H3. The number of ether oxygens (including phenoxy) is 1. The number of fused-ring (bicyclic) bond motifs is 1.